The molecule has 3 aromatic rings. The maximum Gasteiger partial charge on any atom is 0.227 e. The van der Waals surface area contributed by atoms with E-state index in [1.165, 1.54) is 0 Å². The summed E-state index contributed by atoms with van der Waals surface area (Å²) in [6.45, 7) is 3.62. The Morgan fingerprint density at radius 1 is 1.17 bits per heavy atom. The van der Waals surface area contributed by atoms with Crippen molar-refractivity contribution in [3.8, 4) is 17.2 Å². The minimum Gasteiger partial charge on any atom is -0.489 e. The standard InChI is InChI=1S/C17H17BrN2O3/c1-2-21-7-8-22-15-5-3-11(9-13(15)19)17-20-14-10-12(18)4-6-16(14)23-17/h3-6,9-10H,2,7-8,19H2,1H3. The number of aromatic nitrogens is 1. The number of nitrogen functional groups attached to an aromatic ring is 1. The Labute approximate surface area is 142 Å². The number of hydrogen-bond donors (Lipinski definition) is 1. The highest BCUT2D eigenvalue weighted by Crippen LogP contribution is 2.30. The van der Waals surface area contributed by atoms with E-state index in [9.17, 15) is 0 Å². The van der Waals surface area contributed by atoms with Crippen LogP contribution in [0.4, 0.5) is 5.69 Å². The molecule has 0 bridgehead atoms. The molecule has 2 aromatic carbocycles. The number of benzene rings is 2. The molecule has 1 heterocycles. The van der Waals surface area contributed by atoms with Crippen molar-refractivity contribution in [1.82, 2.24) is 4.98 Å². The number of rotatable bonds is 6. The number of hydrogen-bond acceptors (Lipinski definition) is 5. The summed E-state index contributed by atoms with van der Waals surface area (Å²) in [5.74, 6) is 1.16. The van der Waals surface area contributed by atoms with Gasteiger partial charge < -0.3 is 19.6 Å². The van der Waals surface area contributed by atoms with Crippen molar-refractivity contribution in [3.63, 3.8) is 0 Å². The fraction of sp³-hybridized carbons (Fsp3) is 0.235. The van der Waals surface area contributed by atoms with E-state index in [0.717, 1.165) is 21.1 Å². The zero-order valence-electron chi connectivity index (χ0n) is 12.7. The molecule has 0 saturated carbocycles. The van der Waals surface area contributed by atoms with Crippen LogP contribution in [-0.2, 0) is 4.74 Å². The zero-order valence-corrected chi connectivity index (χ0v) is 14.3. The Morgan fingerprint density at radius 2 is 2.04 bits per heavy atom. The minimum atomic E-state index is 0.467. The quantitative estimate of drug-likeness (QED) is 0.514. The smallest absolute Gasteiger partial charge is 0.227 e. The predicted molar refractivity (Wildman–Crippen MR) is 93.5 cm³/mol. The average Bonchev–Trinajstić information content (AvgIpc) is 2.95. The van der Waals surface area contributed by atoms with Gasteiger partial charge in [-0.2, -0.15) is 0 Å². The van der Waals surface area contributed by atoms with Crippen LogP contribution in [0.25, 0.3) is 22.6 Å². The maximum absolute atomic E-state index is 6.05. The normalized spacial score (nSPS) is 11.0. The number of fused-ring (bicyclic) bond motifs is 1. The van der Waals surface area contributed by atoms with Gasteiger partial charge in [0.05, 0.1) is 12.3 Å². The van der Waals surface area contributed by atoms with Gasteiger partial charge in [-0.3, -0.25) is 0 Å². The van der Waals surface area contributed by atoms with E-state index in [-0.39, 0.29) is 0 Å². The van der Waals surface area contributed by atoms with Gasteiger partial charge in [-0.05, 0) is 43.3 Å². The Bertz CT molecular complexity index is 817. The van der Waals surface area contributed by atoms with Gasteiger partial charge in [0.1, 0.15) is 17.9 Å². The van der Waals surface area contributed by atoms with E-state index in [4.69, 9.17) is 19.6 Å². The minimum absolute atomic E-state index is 0.467. The first-order chi connectivity index (χ1) is 11.2. The maximum atomic E-state index is 6.05. The molecule has 6 heteroatoms. The first-order valence-electron chi connectivity index (χ1n) is 7.34. The molecule has 0 aliphatic carbocycles. The van der Waals surface area contributed by atoms with Crippen LogP contribution in [0.1, 0.15) is 6.92 Å². The first-order valence-corrected chi connectivity index (χ1v) is 8.13. The second-order valence-corrected chi connectivity index (χ2v) is 5.84. The molecule has 5 nitrogen and oxygen atoms in total. The lowest BCUT2D eigenvalue weighted by Crippen LogP contribution is -2.07. The number of halogens is 1. The number of nitrogens with zero attached hydrogens (tertiary/aromatic N) is 1. The van der Waals surface area contributed by atoms with Crippen molar-refractivity contribution >= 4 is 32.7 Å². The topological polar surface area (TPSA) is 70.5 Å². The third kappa shape index (κ3) is 3.65. The Hall–Kier alpha value is -2.05. The molecule has 1 aromatic heterocycles. The number of oxazole rings is 1. The van der Waals surface area contributed by atoms with Crippen LogP contribution in [0.15, 0.2) is 45.3 Å². The van der Waals surface area contributed by atoms with Crippen molar-refractivity contribution < 1.29 is 13.9 Å². The number of ether oxygens (including phenoxy) is 2. The van der Waals surface area contributed by atoms with Crippen molar-refractivity contribution in [3.05, 3.63) is 40.9 Å². The number of nitrogens with two attached hydrogens (primary N) is 1. The summed E-state index contributed by atoms with van der Waals surface area (Å²) in [4.78, 5) is 4.49. The lowest BCUT2D eigenvalue weighted by molar-refractivity contribution is 0.110. The van der Waals surface area contributed by atoms with Crippen molar-refractivity contribution in [2.45, 2.75) is 6.92 Å². The van der Waals surface area contributed by atoms with Crippen LogP contribution in [0.2, 0.25) is 0 Å². The van der Waals surface area contributed by atoms with Gasteiger partial charge in [-0.1, -0.05) is 15.9 Å². The summed E-state index contributed by atoms with van der Waals surface area (Å²) < 4.78 is 17.6. The van der Waals surface area contributed by atoms with Crippen LogP contribution >= 0.6 is 15.9 Å². The zero-order chi connectivity index (χ0) is 16.2. The fourth-order valence-electron chi connectivity index (χ4n) is 2.19. The molecule has 0 amide bonds. The highest BCUT2D eigenvalue weighted by molar-refractivity contribution is 9.10. The molecule has 120 valence electrons. The summed E-state index contributed by atoms with van der Waals surface area (Å²) in [5, 5.41) is 0. The lowest BCUT2D eigenvalue weighted by atomic mass is 10.2. The van der Waals surface area contributed by atoms with Crippen LogP contribution in [0.5, 0.6) is 5.75 Å². The Morgan fingerprint density at radius 3 is 2.83 bits per heavy atom. The van der Waals surface area contributed by atoms with E-state index in [1.807, 2.05) is 37.3 Å². The van der Waals surface area contributed by atoms with E-state index >= 15 is 0 Å². The molecule has 3 rings (SSSR count). The number of anilines is 1. The van der Waals surface area contributed by atoms with Crippen LogP contribution in [0, 0.1) is 0 Å². The molecule has 23 heavy (non-hydrogen) atoms. The SMILES string of the molecule is CCOCCOc1ccc(-c2nc3cc(Br)ccc3o2)cc1N. The van der Waals surface area contributed by atoms with Crippen molar-refractivity contribution in [2.75, 3.05) is 25.6 Å². The van der Waals surface area contributed by atoms with Gasteiger partial charge in [0.2, 0.25) is 5.89 Å². The Balaban J connectivity index is 1.80. The van der Waals surface area contributed by atoms with Gasteiger partial charge in [0.15, 0.2) is 5.58 Å². The summed E-state index contributed by atoms with van der Waals surface area (Å²) in [7, 11) is 0. The summed E-state index contributed by atoms with van der Waals surface area (Å²) in [6.07, 6.45) is 0. The molecule has 0 spiro atoms. The molecule has 0 unspecified atom stereocenters. The van der Waals surface area contributed by atoms with E-state index < -0.39 is 0 Å². The lowest BCUT2D eigenvalue weighted by Gasteiger charge is -2.09. The second-order valence-electron chi connectivity index (χ2n) is 4.93. The van der Waals surface area contributed by atoms with E-state index in [0.29, 0.717) is 37.1 Å². The fourth-order valence-corrected chi connectivity index (χ4v) is 2.54. The molecular formula is C17H17BrN2O3. The molecule has 0 aliphatic rings. The van der Waals surface area contributed by atoms with Crippen LogP contribution < -0.4 is 10.5 Å². The third-order valence-electron chi connectivity index (χ3n) is 3.30. The molecule has 0 aliphatic heterocycles. The third-order valence-corrected chi connectivity index (χ3v) is 3.79. The summed E-state index contributed by atoms with van der Waals surface area (Å²) >= 11 is 3.43. The molecule has 2 N–H and O–H groups in total. The van der Waals surface area contributed by atoms with Gasteiger partial charge in [-0.25, -0.2) is 4.98 Å². The molecule has 0 saturated heterocycles. The van der Waals surface area contributed by atoms with Gasteiger partial charge in [-0.15, -0.1) is 0 Å². The van der Waals surface area contributed by atoms with E-state index in [2.05, 4.69) is 20.9 Å². The van der Waals surface area contributed by atoms with Crippen molar-refractivity contribution in [1.29, 1.82) is 0 Å². The van der Waals surface area contributed by atoms with Crippen LogP contribution in [-0.4, -0.2) is 24.8 Å². The largest absolute Gasteiger partial charge is 0.489 e. The highest BCUT2D eigenvalue weighted by Gasteiger charge is 2.11. The van der Waals surface area contributed by atoms with Crippen LogP contribution in [0.3, 0.4) is 0 Å². The van der Waals surface area contributed by atoms with Gasteiger partial charge in [0, 0.05) is 16.6 Å². The monoisotopic (exact) mass is 376 g/mol. The van der Waals surface area contributed by atoms with Gasteiger partial charge >= 0.3 is 0 Å². The molecule has 0 atom stereocenters. The molecular weight excluding hydrogens is 360 g/mol. The summed E-state index contributed by atoms with van der Waals surface area (Å²) in [5.41, 5.74) is 8.94. The van der Waals surface area contributed by atoms with Crippen molar-refractivity contribution in [2.24, 2.45) is 0 Å². The van der Waals surface area contributed by atoms with Gasteiger partial charge in [0.25, 0.3) is 0 Å². The first kappa shape index (κ1) is 15.8. The van der Waals surface area contributed by atoms with E-state index in [1.54, 1.807) is 6.07 Å². The molecule has 0 fully saturated rings. The average molecular weight is 377 g/mol. The highest BCUT2D eigenvalue weighted by atomic mass is 79.9. The summed E-state index contributed by atoms with van der Waals surface area (Å²) in [6, 6.07) is 11.2. The molecule has 0 radical (unpaired) electrons. The Kier molecular flexibility index (Phi) is 4.83. The predicted octanol–water partition coefficient (Wildman–Crippen LogP) is 4.25. The second kappa shape index (κ2) is 7.02.